The normalized spacial score (nSPS) is 27.8. The fourth-order valence-electron chi connectivity index (χ4n) is 0.906. The molecule has 1 atom stereocenters. The Morgan fingerprint density at radius 2 is 1.88 bits per heavy atom. The molecule has 1 rings (SSSR count). The maximum atomic E-state index is 3.33. The van der Waals surface area contributed by atoms with Crippen molar-refractivity contribution in [2.24, 2.45) is 0 Å². The number of quaternary nitrogens is 1. The summed E-state index contributed by atoms with van der Waals surface area (Å²) < 4.78 is 1.25. The van der Waals surface area contributed by atoms with Crippen LogP contribution in [0.15, 0.2) is 0 Å². The molecule has 8 heavy (non-hydrogen) atoms. The Hall–Kier alpha value is 0.478. The first kappa shape index (κ1) is 6.60. The molecule has 1 aliphatic rings. The van der Waals surface area contributed by atoms with Gasteiger partial charge in [0.15, 0.2) is 0 Å². The maximum absolute atomic E-state index is 3.33. The van der Waals surface area contributed by atoms with Crippen LogP contribution in [0.25, 0.3) is 0 Å². The van der Waals surface area contributed by atoms with E-state index in [1.165, 1.54) is 29.6 Å². The van der Waals surface area contributed by atoms with E-state index in [9.17, 15) is 0 Å². The summed E-state index contributed by atoms with van der Waals surface area (Å²) in [4.78, 5) is 0. The predicted molar refractivity (Wildman–Crippen MR) is 37.3 cm³/mol. The van der Waals surface area contributed by atoms with E-state index in [1.807, 2.05) is 17.1 Å². The van der Waals surface area contributed by atoms with Crippen LogP contribution in [0.2, 0.25) is 0 Å². The average Bonchev–Trinajstić information content (AvgIpc) is 1.65. The van der Waals surface area contributed by atoms with E-state index in [0.717, 1.165) is 0 Å². The van der Waals surface area contributed by atoms with Gasteiger partial charge in [0.25, 0.3) is 0 Å². The molecule has 0 aromatic heterocycles. The fourth-order valence-corrected chi connectivity index (χ4v) is 1.45. The van der Waals surface area contributed by atoms with E-state index in [4.69, 9.17) is 0 Å². The molecular formula is C5H14AsN2+. The van der Waals surface area contributed by atoms with E-state index >= 15 is 0 Å². The van der Waals surface area contributed by atoms with Crippen molar-refractivity contribution in [1.82, 2.24) is 5.32 Å². The van der Waals surface area contributed by atoms with Gasteiger partial charge >= 0.3 is 59.0 Å². The molecule has 0 amide bonds. The van der Waals surface area contributed by atoms with Gasteiger partial charge in [0.05, 0.1) is 0 Å². The summed E-state index contributed by atoms with van der Waals surface area (Å²) >= 11 is 1.84. The quantitative estimate of drug-likeness (QED) is 0.448. The van der Waals surface area contributed by atoms with E-state index in [0.29, 0.717) is 0 Å². The molecule has 3 heteroatoms. The Labute approximate surface area is 59.6 Å². The first-order valence-corrected chi connectivity index (χ1v) is 4.13. The van der Waals surface area contributed by atoms with Crippen molar-refractivity contribution in [2.45, 2.75) is 0 Å². The van der Waals surface area contributed by atoms with Crippen molar-refractivity contribution >= 4 is 17.1 Å². The summed E-state index contributed by atoms with van der Waals surface area (Å²) in [6.07, 6.45) is 0. The first-order valence-electron chi connectivity index (χ1n) is 3.04. The topological polar surface area (TPSA) is 12.0 Å². The summed E-state index contributed by atoms with van der Waals surface area (Å²) in [5.74, 6) is 0. The summed E-state index contributed by atoms with van der Waals surface area (Å²) in [5.41, 5.74) is 0. The molecule has 0 spiro atoms. The van der Waals surface area contributed by atoms with Crippen LogP contribution in [0, 0.1) is 0 Å². The van der Waals surface area contributed by atoms with Crippen LogP contribution in [0.1, 0.15) is 0 Å². The van der Waals surface area contributed by atoms with Gasteiger partial charge in [-0.3, -0.25) is 0 Å². The average molecular weight is 177 g/mol. The summed E-state index contributed by atoms with van der Waals surface area (Å²) in [5, 5.41) is 3.33. The van der Waals surface area contributed by atoms with Gasteiger partial charge in [-0.15, -0.1) is 0 Å². The van der Waals surface area contributed by atoms with Crippen LogP contribution >= 0.6 is 0 Å². The van der Waals surface area contributed by atoms with Crippen LogP contribution < -0.4 is 5.32 Å². The van der Waals surface area contributed by atoms with E-state index in [-0.39, 0.29) is 0 Å². The Morgan fingerprint density at radius 1 is 1.38 bits per heavy atom. The van der Waals surface area contributed by atoms with E-state index in [1.54, 1.807) is 0 Å². The number of hydrogen-bond acceptors (Lipinski definition) is 1. The molecule has 1 heterocycles. The van der Waals surface area contributed by atoms with Crippen molar-refractivity contribution in [1.29, 1.82) is 0 Å². The molecule has 0 bridgehead atoms. The van der Waals surface area contributed by atoms with Gasteiger partial charge in [0.1, 0.15) is 0 Å². The Morgan fingerprint density at radius 3 is 2.12 bits per heavy atom. The molecule has 0 aromatic carbocycles. The molecule has 2 nitrogen and oxygen atoms in total. The molecule has 1 saturated heterocycles. The number of rotatable bonds is 0. The van der Waals surface area contributed by atoms with Gasteiger partial charge in [-0.25, -0.2) is 0 Å². The monoisotopic (exact) mass is 177 g/mol. The Kier molecular flexibility index (Phi) is 1.96. The Bertz CT molecular complexity index is 74.5. The van der Waals surface area contributed by atoms with Crippen LogP contribution in [0.4, 0.5) is 0 Å². The zero-order chi connectivity index (χ0) is 6.04. The third-order valence-corrected chi connectivity index (χ3v) is 2.68. The van der Waals surface area contributed by atoms with Crippen LogP contribution in [-0.4, -0.2) is 53.7 Å². The second-order valence-corrected chi connectivity index (χ2v) is 5.29. The number of nitrogens with zero attached hydrogens (tertiary/aromatic N) is 1. The van der Waals surface area contributed by atoms with Crippen LogP contribution in [-0.2, 0) is 0 Å². The number of nitrogens with one attached hydrogen (secondary N) is 1. The van der Waals surface area contributed by atoms with Crippen molar-refractivity contribution in [3.05, 3.63) is 0 Å². The van der Waals surface area contributed by atoms with E-state index < -0.39 is 0 Å². The van der Waals surface area contributed by atoms with Gasteiger partial charge in [0.2, 0.25) is 0 Å². The van der Waals surface area contributed by atoms with Crippen molar-refractivity contribution in [2.75, 3.05) is 33.2 Å². The van der Waals surface area contributed by atoms with Crippen LogP contribution in [0.3, 0.4) is 0 Å². The van der Waals surface area contributed by atoms with Crippen LogP contribution in [0.5, 0.6) is 0 Å². The van der Waals surface area contributed by atoms with Gasteiger partial charge in [0, 0.05) is 0 Å². The molecular weight excluding hydrogens is 163 g/mol. The summed E-state index contributed by atoms with van der Waals surface area (Å²) in [7, 11) is 2.31. The SMILES string of the molecule is C[N+]1([AsH2])CCNCC1. The second-order valence-electron chi connectivity index (χ2n) is 2.68. The molecule has 1 unspecified atom stereocenters. The zero-order valence-corrected chi connectivity index (χ0v) is 7.78. The molecule has 48 valence electrons. The number of likely N-dealkylation sites (N-methyl/N-ethyl adjacent to an activating group) is 1. The van der Waals surface area contributed by atoms with Crippen molar-refractivity contribution < 1.29 is 3.40 Å². The Balaban J connectivity index is 2.33. The molecule has 0 aromatic rings. The van der Waals surface area contributed by atoms with Gasteiger partial charge in [-0.05, 0) is 0 Å². The number of piperazine rings is 1. The summed E-state index contributed by atoms with van der Waals surface area (Å²) in [6, 6.07) is 0. The second kappa shape index (κ2) is 2.38. The van der Waals surface area contributed by atoms with E-state index in [2.05, 4.69) is 12.4 Å². The third kappa shape index (κ3) is 1.77. The molecule has 0 aliphatic carbocycles. The molecule has 0 saturated carbocycles. The third-order valence-electron chi connectivity index (χ3n) is 1.60. The number of hydrogen-bond donors (Lipinski definition) is 1. The molecule has 0 radical (unpaired) electrons. The van der Waals surface area contributed by atoms with Crippen molar-refractivity contribution in [3.8, 4) is 0 Å². The summed E-state index contributed by atoms with van der Waals surface area (Å²) in [6.45, 7) is 5.02. The molecule has 1 fully saturated rings. The van der Waals surface area contributed by atoms with Gasteiger partial charge in [-0.1, -0.05) is 0 Å². The van der Waals surface area contributed by atoms with Gasteiger partial charge < -0.3 is 0 Å². The predicted octanol–water partition coefficient (Wildman–Crippen LogP) is -1.42. The first-order chi connectivity index (χ1) is 3.71. The molecule has 1 aliphatic heterocycles. The fraction of sp³-hybridized carbons (Fsp3) is 1.00. The van der Waals surface area contributed by atoms with Crippen molar-refractivity contribution in [3.63, 3.8) is 0 Å². The minimum atomic E-state index is 1.20. The minimum absolute atomic E-state index is 1.20. The molecule has 1 N–H and O–H groups in total. The van der Waals surface area contributed by atoms with Gasteiger partial charge in [-0.2, -0.15) is 0 Å². The zero-order valence-electron chi connectivity index (χ0n) is 5.35. The standard InChI is InChI=1S/C5H14AsN2/c1-8(6)4-2-7-3-5-8/h7H,2-6H2,1H3/q+1.